The van der Waals surface area contributed by atoms with Crippen molar-refractivity contribution in [3.63, 3.8) is 0 Å². The minimum Gasteiger partial charge on any atom is -0.508 e. The maximum atomic E-state index is 10.3. The quantitative estimate of drug-likeness (QED) is 0.260. The molecule has 1 aliphatic heterocycles. The number of aromatic carboxylic acids is 1. The molecule has 1 aliphatic rings. The summed E-state index contributed by atoms with van der Waals surface area (Å²) in [4.78, 5) is 10.3. The fraction of sp³-hybridized carbons (Fsp3) is 0.174. The highest BCUT2D eigenvalue weighted by Gasteiger charge is 2.33. The number of carboxylic acids is 1. The number of hydrogen-bond donors (Lipinski definition) is 8. The first-order chi connectivity index (χ1) is 16.0. The van der Waals surface area contributed by atoms with E-state index < -0.39 is 29.3 Å². The van der Waals surface area contributed by atoms with Crippen LogP contribution < -0.4 is 4.74 Å². The molecule has 8 N–H and O–H groups in total. The summed E-state index contributed by atoms with van der Waals surface area (Å²) in [5.41, 5.74) is 0.891. The molecule has 2 atom stereocenters. The number of fused-ring (bicyclic) bond motifs is 1. The summed E-state index contributed by atoms with van der Waals surface area (Å²) in [6, 6.07) is 8.76. The van der Waals surface area contributed by atoms with Crippen molar-refractivity contribution in [2.75, 3.05) is 7.11 Å². The van der Waals surface area contributed by atoms with E-state index in [0.29, 0.717) is 23.3 Å². The second-order valence-corrected chi connectivity index (χ2v) is 7.37. The zero-order valence-electron chi connectivity index (χ0n) is 17.7. The number of hydrogen-bond acceptors (Lipinski definition) is 10. The van der Waals surface area contributed by atoms with Crippen LogP contribution in [-0.2, 0) is 11.2 Å². The topological polar surface area (TPSA) is 197 Å². The molecule has 0 saturated carbocycles. The molecule has 0 fully saturated rings. The van der Waals surface area contributed by atoms with Gasteiger partial charge in [-0.25, -0.2) is 4.79 Å². The molecule has 0 radical (unpaired) electrons. The Hall–Kier alpha value is -4.51. The second kappa shape index (κ2) is 9.55. The minimum atomic E-state index is -1.29. The third kappa shape index (κ3) is 4.94. The number of carbonyl (C=O) groups is 1. The maximum Gasteiger partial charge on any atom is 0.335 e. The third-order valence-electron chi connectivity index (χ3n) is 5.11. The highest BCUT2D eigenvalue weighted by atomic mass is 16.5. The van der Waals surface area contributed by atoms with Gasteiger partial charge in [0, 0.05) is 31.2 Å². The van der Waals surface area contributed by atoms with Crippen LogP contribution in [0.3, 0.4) is 0 Å². The number of carboxylic acid groups (broad SMARTS) is 1. The molecule has 3 aromatic rings. The fourth-order valence-electron chi connectivity index (χ4n) is 3.38. The standard InChI is InChI=1S/C16H16O6.C7H6O5/c1-21-15-7-10-12(19)5-9(17)6-14(10)22-16(15)8-2-3-11(18)13(20)4-8;8-4-1-3(7(11)12)2-5(9)6(4)10/h2-6,15-20H,7H2,1H3;1-2,8-10H,(H,11,12)/t15-,16-;/m1./s1. The predicted octanol–water partition coefficient (Wildman–Crippen LogP) is 2.70. The van der Waals surface area contributed by atoms with Gasteiger partial charge < -0.3 is 50.3 Å². The Morgan fingerprint density at radius 1 is 0.853 bits per heavy atom. The second-order valence-electron chi connectivity index (χ2n) is 7.37. The molecule has 0 amide bonds. The zero-order valence-corrected chi connectivity index (χ0v) is 17.7. The number of aromatic hydroxyl groups is 7. The van der Waals surface area contributed by atoms with Gasteiger partial charge >= 0.3 is 5.97 Å². The van der Waals surface area contributed by atoms with Gasteiger partial charge in [0.05, 0.1) is 5.56 Å². The summed E-state index contributed by atoms with van der Waals surface area (Å²) >= 11 is 0. The molecule has 11 nitrogen and oxygen atoms in total. The Bertz CT molecular complexity index is 1200. The summed E-state index contributed by atoms with van der Waals surface area (Å²) in [5.74, 6) is -3.59. The summed E-state index contributed by atoms with van der Waals surface area (Å²) in [7, 11) is 1.53. The van der Waals surface area contributed by atoms with Crippen LogP contribution in [0.1, 0.15) is 27.6 Å². The van der Waals surface area contributed by atoms with E-state index in [0.717, 1.165) is 12.1 Å². The van der Waals surface area contributed by atoms with E-state index in [1.807, 2.05) is 0 Å². The lowest BCUT2D eigenvalue weighted by molar-refractivity contribution is -0.0122. The van der Waals surface area contributed by atoms with E-state index in [1.165, 1.54) is 31.4 Å². The average Bonchev–Trinajstić information content (AvgIpc) is 2.78. The Morgan fingerprint density at radius 2 is 1.50 bits per heavy atom. The molecule has 0 saturated heterocycles. The monoisotopic (exact) mass is 474 g/mol. The van der Waals surface area contributed by atoms with E-state index in [1.54, 1.807) is 6.07 Å². The SMILES string of the molecule is CO[C@@H]1Cc2c(O)cc(O)cc2O[C@@H]1c1ccc(O)c(O)c1.O=C(O)c1cc(O)c(O)c(O)c1. The predicted molar refractivity (Wildman–Crippen MR) is 116 cm³/mol. The van der Waals surface area contributed by atoms with E-state index in [-0.39, 0.29) is 34.7 Å². The largest absolute Gasteiger partial charge is 0.508 e. The highest BCUT2D eigenvalue weighted by molar-refractivity contribution is 5.89. The van der Waals surface area contributed by atoms with Crippen molar-refractivity contribution in [3.8, 4) is 46.0 Å². The highest BCUT2D eigenvalue weighted by Crippen LogP contribution is 2.43. The molecule has 180 valence electrons. The molecule has 1 heterocycles. The molecule has 0 bridgehead atoms. The number of rotatable bonds is 3. The van der Waals surface area contributed by atoms with Gasteiger partial charge in [0.1, 0.15) is 23.4 Å². The Morgan fingerprint density at radius 3 is 2.06 bits per heavy atom. The lowest BCUT2D eigenvalue weighted by Gasteiger charge is -2.33. The normalized spacial score (nSPS) is 16.5. The van der Waals surface area contributed by atoms with E-state index in [9.17, 15) is 25.2 Å². The lowest BCUT2D eigenvalue weighted by atomic mass is 9.93. The molecule has 0 unspecified atom stereocenters. The summed E-state index contributed by atoms with van der Waals surface area (Å²) < 4.78 is 11.3. The molecule has 4 rings (SSSR count). The molecule has 11 heteroatoms. The van der Waals surface area contributed by atoms with Gasteiger partial charge in [-0.3, -0.25) is 0 Å². The Labute approximate surface area is 192 Å². The molecule has 0 aromatic heterocycles. The van der Waals surface area contributed by atoms with Crippen LogP contribution >= 0.6 is 0 Å². The first kappa shape index (κ1) is 24.1. The van der Waals surface area contributed by atoms with Crippen molar-refractivity contribution in [2.45, 2.75) is 18.6 Å². The van der Waals surface area contributed by atoms with Crippen LogP contribution in [0, 0.1) is 0 Å². The Kier molecular flexibility index (Phi) is 6.78. The van der Waals surface area contributed by atoms with Gasteiger partial charge in [0.15, 0.2) is 34.9 Å². The smallest absolute Gasteiger partial charge is 0.335 e. The van der Waals surface area contributed by atoms with Gasteiger partial charge in [-0.2, -0.15) is 0 Å². The van der Waals surface area contributed by atoms with Crippen molar-refractivity contribution in [2.24, 2.45) is 0 Å². The Balaban J connectivity index is 0.000000229. The number of phenolic OH excluding ortho intramolecular Hbond substituents is 7. The molecular weight excluding hydrogens is 452 g/mol. The fourth-order valence-corrected chi connectivity index (χ4v) is 3.38. The summed E-state index contributed by atoms with van der Waals surface area (Å²) in [6.45, 7) is 0. The van der Waals surface area contributed by atoms with Gasteiger partial charge in [-0.05, 0) is 29.8 Å². The van der Waals surface area contributed by atoms with Crippen LogP contribution in [0.4, 0.5) is 0 Å². The average molecular weight is 474 g/mol. The molecular formula is C23H22O11. The summed E-state index contributed by atoms with van der Waals surface area (Å²) in [5, 5.41) is 73.5. The maximum absolute atomic E-state index is 10.3. The van der Waals surface area contributed by atoms with Crippen molar-refractivity contribution in [1.29, 1.82) is 0 Å². The summed E-state index contributed by atoms with van der Waals surface area (Å²) in [6.07, 6.45) is -0.526. The van der Waals surface area contributed by atoms with Crippen molar-refractivity contribution in [3.05, 3.63) is 59.2 Å². The van der Waals surface area contributed by atoms with E-state index >= 15 is 0 Å². The number of ether oxygens (including phenoxy) is 2. The molecule has 0 spiro atoms. The number of benzene rings is 3. The number of phenols is 7. The molecule has 0 aliphatic carbocycles. The van der Waals surface area contributed by atoms with Crippen molar-refractivity contribution in [1.82, 2.24) is 0 Å². The van der Waals surface area contributed by atoms with Gasteiger partial charge in [0.25, 0.3) is 0 Å². The molecule has 3 aromatic carbocycles. The van der Waals surface area contributed by atoms with Crippen molar-refractivity contribution < 1.29 is 55.1 Å². The van der Waals surface area contributed by atoms with Gasteiger partial charge in [-0.1, -0.05) is 6.07 Å². The van der Waals surface area contributed by atoms with E-state index in [4.69, 9.17) is 29.9 Å². The lowest BCUT2D eigenvalue weighted by Crippen LogP contribution is -2.32. The first-order valence-electron chi connectivity index (χ1n) is 9.76. The van der Waals surface area contributed by atoms with Crippen molar-refractivity contribution >= 4 is 5.97 Å². The van der Waals surface area contributed by atoms with Gasteiger partial charge in [-0.15, -0.1) is 0 Å². The number of methoxy groups -OCH3 is 1. The minimum absolute atomic E-state index is 0.0518. The van der Waals surface area contributed by atoms with Crippen LogP contribution in [0.2, 0.25) is 0 Å². The zero-order chi connectivity index (χ0) is 25.2. The third-order valence-corrected chi connectivity index (χ3v) is 5.11. The van der Waals surface area contributed by atoms with Crippen LogP contribution in [0.5, 0.6) is 46.0 Å². The van der Waals surface area contributed by atoms with E-state index in [2.05, 4.69) is 0 Å². The first-order valence-corrected chi connectivity index (χ1v) is 9.76. The molecule has 34 heavy (non-hydrogen) atoms. The van der Waals surface area contributed by atoms with Crippen LogP contribution in [-0.4, -0.2) is 60.0 Å². The van der Waals surface area contributed by atoms with Gasteiger partial charge in [0.2, 0.25) is 0 Å². The van der Waals surface area contributed by atoms with Crippen LogP contribution in [0.25, 0.3) is 0 Å². The van der Waals surface area contributed by atoms with Crippen LogP contribution in [0.15, 0.2) is 42.5 Å².